The van der Waals surface area contributed by atoms with Gasteiger partial charge >= 0.3 is 0 Å². The zero-order valence-electron chi connectivity index (χ0n) is 6.55. The first-order valence-electron chi connectivity index (χ1n) is 4.06. The van der Waals surface area contributed by atoms with Gasteiger partial charge in [0.25, 0.3) is 0 Å². The first kappa shape index (κ1) is 9.70. The van der Waals surface area contributed by atoms with Gasteiger partial charge in [-0.2, -0.15) is 0 Å². The molecule has 0 saturated heterocycles. The normalized spacial score (nSPS) is 9.70. The second-order valence-corrected chi connectivity index (χ2v) is 2.52. The van der Waals surface area contributed by atoms with E-state index in [1.165, 1.54) is 19.3 Å². The van der Waals surface area contributed by atoms with Gasteiger partial charge in [0.15, 0.2) is 0 Å². The third kappa shape index (κ3) is 7.70. The van der Waals surface area contributed by atoms with E-state index in [0.29, 0.717) is 6.61 Å². The van der Waals surface area contributed by atoms with Crippen LogP contribution in [0.25, 0.3) is 0 Å². The highest BCUT2D eigenvalue weighted by Gasteiger charge is 1.87. The van der Waals surface area contributed by atoms with Crippen LogP contribution in [0.5, 0.6) is 0 Å². The molecule has 0 fully saturated rings. The van der Waals surface area contributed by atoms with Crippen LogP contribution in [0, 0.1) is 6.58 Å². The summed E-state index contributed by atoms with van der Waals surface area (Å²) in [6.07, 6.45) is 8.52. The molecule has 0 aromatic rings. The molecule has 0 atom stereocenters. The number of hydrogen-bond donors (Lipinski definition) is 1. The maximum absolute atomic E-state index is 8.44. The summed E-state index contributed by atoms with van der Waals surface area (Å²) < 4.78 is 0. The third-order valence-electron chi connectivity index (χ3n) is 1.53. The van der Waals surface area contributed by atoms with Gasteiger partial charge in [0.1, 0.15) is 0 Å². The molecule has 0 aromatic carbocycles. The number of unbranched alkanes of at least 4 members (excludes halogenated alkanes) is 5. The van der Waals surface area contributed by atoms with E-state index in [0.717, 1.165) is 19.3 Å². The molecule has 1 N–H and O–H groups in total. The maximum atomic E-state index is 8.44. The molecule has 10 heavy (non-hydrogen) atoms. The average molecular weight is 141 g/mol. The number of aliphatic hydroxyl groups excluding tert-OH is 1. The van der Waals surface area contributed by atoms with Crippen molar-refractivity contribution in [3.05, 3.63) is 12.7 Å². The molecule has 1 heteroatoms. The fraction of sp³-hybridized carbons (Fsp3) is 0.778. The van der Waals surface area contributed by atoms with E-state index in [9.17, 15) is 0 Å². The Morgan fingerprint density at radius 3 is 2.20 bits per heavy atom. The molecular weight excluding hydrogens is 124 g/mol. The van der Waals surface area contributed by atoms with Crippen molar-refractivity contribution in [3.63, 3.8) is 0 Å². The molecule has 0 aliphatic carbocycles. The number of hydrogen-bond acceptors (Lipinski definition) is 1. The topological polar surface area (TPSA) is 20.2 Å². The Hall–Kier alpha value is -0.300. The predicted octanol–water partition coefficient (Wildman–Crippen LogP) is 2.31. The number of rotatable bonds is 7. The molecule has 1 radical (unpaired) electrons. The quantitative estimate of drug-likeness (QED) is 0.539. The fourth-order valence-electron chi connectivity index (χ4n) is 0.904. The number of aliphatic hydroxyl groups is 1. The Morgan fingerprint density at radius 2 is 1.60 bits per heavy atom. The zero-order valence-corrected chi connectivity index (χ0v) is 6.55. The van der Waals surface area contributed by atoms with Crippen molar-refractivity contribution in [2.24, 2.45) is 0 Å². The molecule has 0 aliphatic rings. The fourth-order valence-corrected chi connectivity index (χ4v) is 0.904. The monoisotopic (exact) mass is 141 g/mol. The Morgan fingerprint density at radius 1 is 1.00 bits per heavy atom. The van der Waals surface area contributed by atoms with Crippen molar-refractivity contribution >= 4 is 0 Å². The summed E-state index contributed by atoms with van der Waals surface area (Å²) in [4.78, 5) is 0. The summed E-state index contributed by atoms with van der Waals surface area (Å²) in [5.41, 5.74) is 0. The Bertz CT molecular complexity index is 69.1. The minimum absolute atomic E-state index is 0.336. The van der Waals surface area contributed by atoms with Crippen molar-refractivity contribution in [2.45, 2.75) is 38.5 Å². The molecule has 0 aliphatic heterocycles. The summed E-state index contributed by atoms with van der Waals surface area (Å²) in [6, 6.07) is 0. The highest BCUT2D eigenvalue weighted by atomic mass is 16.2. The second kappa shape index (κ2) is 8.70. The van der Waals surface area contributed by atoms with E-state index >= 15 is 0 Å². The van der Waals surface area contributed by atoms with Gasteiger partial charge in [0, 0.05) is 6.61 Å². The SMILES string of the molecule is [CH]=CCCCCCCCO. The molecule has 1 nitrogen and oxygen atoms in total. The lowest BCUT2D eigenvalue weighted by molar-refractivity contribution is 0.282. The maximum Gasteiger partial charge on any atom is 0.0431 e. The highest BCUT2D eigenvalue weighted by molar-refractivity contribution is 4.61. The van der Waals surface area contributed by atoms with Gasteiger partial charge in [-0.25, -0.2) is 0 Å². The lowest BCUT2D eigenvalue weighted by Gasteiger charge is -1.96. The average Bonchev–Trinajstić information content (AvgIpc) is 1.97. The minimum atomic E-state index is 0.336. The van der Waals surface area contributed by atoms with Crippen LogP contribution in [0.4, 0.5) is 0 Å². The van der Waals surface area contributed by atoms with E-state index < -0.39 is 0 Å². The smallest absolute Gasteiger partial charge is 0.0431 e. The molecular formula is C9H17O. The van der Waals surface area contributed by atoms with Crippen LogP contribution in [0.15, 0.2) is 6.08 Å². The van der Waals surface area contributed by atoms with Gasteiger partial charge in [-0.1, -0.05) is 31.9 Å². The molecule has 0 bridgehead atoms. The molecule has 0 spiro atoms. The van der Waals surface area contributed by atoms with E-state index in [-0.39, 0.29) is 0 Å². The van der Waals surface area contributed by atoms with E-state index in [1.54, 1.807) is 6.08 Å². The molecule has 0 amide bonds. The summed E-state index contributed by atoms with van der Waals surface area (Å²) in [7, 11) is 0. The van der Waals surface area contributed by atoms with Crippen LogP contribution >= 0.6 is 0 Å². The largest absolute Gasteiger partial charge is 0.396 e. The number of allylic oxidation sites excluding steroid dienone is 1. The summed E-state index contributed by atoms with van der Waals surface area (Å²) in [5, 5.41) is 8.44. The minimum Gasteiger partial charge on any atom is -0.396 e. The summed E-state index contributed by atoms with van der Waals surface area (Å²) in [6.45, 7) is 5.54. The van der Waals surface area contributed by atoms with Crippen molar-refractivity contribution in [2.75, 3.05) is 6.61 Å². The van der Waals surface area contributed by atoms with E-state index in [4.69, 9.17) is 11.7 Å². The molecule has 0 heterocycles. The highest BCUT2D eigenvalue weighted by Crippen LogP contribution is 2.04. The van der Waals surface area contributed by atoms with Crippen LogP contribution in [0.2, 0.25) is 0 Å². The van der Waals surface area contributed by atoms with Crippen molar-refractivity contribution in [3.8, 4) is 0 Å². The molecule has 0 rings (SSSR count). The van der Waals surface area contributed by atoms with Gasteiger partial charge in [0.05, 0.1) is 0 Å². The van der Waals surface area contributed by atoms with Gasteiger partial charge in [-0.05, 0) is 19.3 Å². The Labute approximate surface area is 63.8 Å². The van der Waals surface area contributed by atoms with Crippen LogP contribution in [0.3, 0.4) is 0 Å². The first-order valence-corrected chi connectivity index (χ1v) is 4.06. The van der Waals surface area contributed by atoms with Crippen LogP contribution in [-0.4, -0.2) is 11.7 Å². The van der Waals surface area contributed by atoms with E-state index in [2.05, 4.69) is 0 Å². The Balaban J connectivity index is 2.70. The molecule has 0 saturated carbocycles. The first-order chi connectivity index (χ1) is 4.91. The van der Waals surface area contributed by atoms with Gasteiger partial charge in [0.2, 0.25) is 0 Å². The second-order valence-electron chi connectivity index (χ2n) is 2.52. The Kier molecular flexibility index (Phi) is 8.44. The molecule has 59 valence electrons. The lowest BCUT2D eigenvalue weighted by atomic mass is 10.1. The van der Waals surface area contributed by atoms with Gasteiger partial charge in [-0.3, -0.25) is 0 Å². The summed E-state index contributed by atoms with van der Waals surface area (Å²) >= 11 is 0. The van der Waals surface area contributed by atoms with Crippen LogP contribution in [-0.2, 0) is 0 Å². The predicted molar refractivity (Wildman–Crippen MR) is 43.7 cm³/mol. The van der Waals surface area contributed by atoms with Crippen molar-refractivity contribution in [1.82, 2.24) is 0 Å². The van der Waals surface area contributed by atoms with Gasteiger partial charge in [-0.15, -0.1) is 0 Å². The lowest BCUT2D eigenvalue weighted by Crippen LogP contribution is -1.82. The molecule has 0 unspecified atom stereocenters. The third-order valence-corrected chi connectivity index (χ3v) is 1.53. The van der Waals surface area contributed by atoms with Crippen LogP contribution < -0.4 is 0 Å². The van der Waals surface area contributed by atoms with Crippen molar-refractivity contribution < 1.29 is 5.11 Å². The molecule has 0 aromatic heterocycles. The van der Waals surface area contributed by atoms with Crippen LogP contribution in [0.1, 0.15) is 38.5 Å². The summed E-state index contributed by atoms with van der Waals surface area (Å²) in [5.74, 6) is 0. The van der Waals surface area contributed by atoms with E-state index in [1.807, 2.05) is 0 Å². The van der Waals surface area contributed by atoms with Gasteiger partial charge < -0.3 is 5.11 Å². The zero-order chi connectivity index (χ0) is 7.66. The standard InChI is InChI=1S/C9H17O/c1-2-3-4-5-6-7-8-9-10/h1-2,10H,3-9H2. The van der Waals surface area contributed by atoms with Crippen molar-refractivity contribution in [1.29, 1.82) is 0 Å².